The number of alkyl halides is 3. The highest BCUT2D eigenvalue weighted by atomic mass is 19.4. The van der Waals surface area contributed by atoms with Gasteiger partial charge in [-0.2, -0.15) is 13.2 Å². The lowest BCUT2D eigenvalue weighted by Crippen LogP contribution is -2.08. The third-order valence-corrected chi connectivity index (χ3v) is 2.71. The minimum atomic E-state index is -4.40. The average molecular weight is 290 g/mol. The zero-order valence-electron chi connectivity index (χ0n) is 11.1. The molecule has 0 spiro atoms. The van der Waals surface area contributed by atoms with Crippen LogP contribution in [0.25, 0.3) is 0 Å². The van der Waals surface area contributed by atoms with Gasteiger partial charge in [0, 0.05) is 6.42 Å². The van der Waals surface area contributed by atoms with Crippen LogP contribution in [0, 0.1) is 0 Å². The first-order valence-corrected chi connectivity index (χ1v) is 6.35. The average Bonchev–Trinajstić information content (AvgIpc) is 2.41. The number of hydrogen-bond donors (Lipinski definition) is 1. The number of rotatable bonds is 6. The zero-order chi connectivity index (χ0) is 15.2. The fourth-order valence-electron chi connectivity index (χ4n) is 1.60. The van der Waals surface area contributed by atoms with Crippen LogP contribution in [0.5, 0.6) is 0 Å². The Labute approximate surface area is 115 Å². The molecule has 112 valence electrons. The first-order chi connectivity index (χ1) is 9.34. The van der Waals surface area contributed by atoms with E-state index in [-0.39, 0.29) is 12.8 Å². The number of aliphatic hydroxyl groups is 1. The van der Waals surface area contributed by atoms with E-state index in [1.807, 2.05) is 6.92 Å². The van der Waals surface area contributed by atoms with Gasteiger partial charge in [0.15, 0.2) is 0 Å². The molecule has 6 heteroatoms. The third-order valence-electron chi connectivity index (χ3n) is 2.71. The van der Waals surface area contributed by atoms with Gasteiger partial charge in [-0.15, -0.1) is 0 Å². The van der Waals surface area contributed by atoms with Crippen molar-refractivity contribution in [2.24, 2.45) is 0 Å². The number of halogens is 3. The number of aliphatic hydroxyl groups excluding tert-OH is 1. The van der Waals surface area contributed by atoms with Crippen LogP contribution in [-0.4, -0.2) is 17.7 Å². The van der Waals surface area contributed by atoms with E-state index in [1.165, 1.54) is 12.1 Å². The van der Waals surface area contributed by atoms with Crippen molar-refractivity contribution in [1.82, 2.24) is 0 Å². The van der Waals surface area contributed by atoms with Gasteiger partial charge in [-0.05, 0) is 30.5 Å². The van der Waals surface area contributed by atoms with E-state index < -0.39 is 23.8 Å². The minimum Gasteiger partial charge on any atom is -0.466 e. The zero-order valence-corrected chi connectivity index (χ0v) is 11.1. The van der Waals surface area contributed by atoms with Gasteiger partial charge >= 0.3 is 12.1 Å². The van der Waals surface area contributed by atoms with Crippen LogP contribution in [0.1, 0.15) is 43.4 Å². The monoisotopic (exact) mass is 290 g/mol. The van der Waals surface area contributed by atoms with E-state index in [2.05, 4.69) is 0 Å². The fourth-order valence-corrected chi connectivity index (χ4v) is 1.60. The molecule has 0 fully saturated rings. The topological polar surface area (TPSA) is 46.5 Å². The van der Waals surface area contributed by atoms with Crippen molar-refractivity contribution < 1.29 is 27.8 Å². The Morgan fingerprint density at radius 3 is 2.40 bits per heavy atom. The molecule has 0 amide bonds. The molecule has 0 bridgehead atoms. The number of esters is 1. The quantitative estimate of drug-likeness (QED) is 0.816. The molecule has 0 aliphatic carbocycles. The van der Waals surface area contributed by atoms with Crippen molar-refractivity contribution in [3.8, 4) is 0 Å². The van der Waals surface area contributed by atoms with E-state index >= 15 is 0 Å². The summed E-state index contributed by atoms with van der Waals surface area (Å²) in [7, 11) is 0. The molecule has 0 aliphatic rings. The molecular formula is C14H17F3O3. The highest BCUT2D eigenvalue weighted by Gasteiger charge is 2.30. The number of carbonyl (C=O) groups is 1. The van der Waals surface area contributed by atoms with Crippen molar-refractivity contribution in [2.75, 3.05) is 6.61 Å². The van der Waals surface area contributed by atoms with Gasteiger partial charge < -0.3 is 9.84 Å². The summed E-state index contributed by atoms with van der Waals surface area (Å²) in [5.41, 5.74) is -0.419. The molecule has 20 heavy (non-hydrogen) atoms. The molecule has 1 N–H and O–H groups in total. The van der Waals surface area contributed by atoms with Gasteiger partial charge in [0.05, 0.1) is 18.3 Å². The molecule has 0 aromatic heterocycles. The molecule has 0 saturated heterocycles. The molecule has 3 nitrogen and oxygen atoms in total. The highest BCUT2D eigenvalue weighted by molar-refractivity contribution is 5.69. The number of ether oxygens (including phenoxy) is 1. The summed E-state index contributed by atoms with van der Waals surface area (Å²) >= 11 is 0. The van der Waals surface area contributed by atoms with Crippen LogP contribution in [0.4, 0.5) is 13.2 Å². The van der Waals surface area contributed by atoms with Crippen molar-refractivity contribution in [3.63, 3.8) is 0 Å². The number of benzene rings is 1. The Morgan fingerprint density at radius 2 is 1.90 bits per heavy atom. The summed E-state index contributed by atoms with van der Waals surface area (Å²) < 4.78 is 42.0. The van der Waals surface area contributed by atoms with Crippen molar-refractivity contribution in [3.05, 3.63) is 35.4 Å². The summed E-state index contributed by atoms with van der Waals surface area (Å²) in [6.45, 7) is 2.19. The van der Waals surface area contributed by atoms with Gasteiger partial charge in [0.2, 0.25) is 0 Å². The highest BCUT2D eigenvalue weighted by Crippen LogP contribution is 2.30. The third kappa shape index (κ3) is 5.21. The number of carbonyl (C=O) groups excluding carboxylic acids is 1. The predicted octanol–water partition coefficient (Wildman–Crippen LogP) is 3.47. The van der Waals surface area contributed by atoms with Gasteiger partial charge in [-0.1, -0.05) is 19.1 Å². The summed E-state index contributed by atoms with van der Waals surface area (Å²) in [6, 6.07) is 4.25. The largest absolute Gasteiger partial charge is 0.466 e. The van der Waals surface area contributed by atoms with E-state index in [0.717, 1.165) is 12.1 Å². The Bertz CT molecular complexity index is 426. The fraction of sp³-hybridized carbons (Fsp3) is 0.500. The van der Waals surface area contributed by atoms with Crippen LogP contribution in [0.3, 0.4) is 0 Å². The van der Waals surface area contributed by atoms with Crippen molar-refractivity contribution in [2.45, 2.75) is 38.5 Å². The van der Waals surface area contributed by atoms with Gasteiger partial charge in [-0.25, -0.2) is 0 Å². The molecule has 1 aromatic carbocycles. The minimum absolute atomic E-state index is 0.0299. The maximum absolute atomic E-state index is 12.4. The van der Waals surface area contributed by atoms with Crippen molar-refractivity contribution >= 4 is 5.97 Å². The van der Waals surface area contributed by atoms with E-state index in [1.54, 1.807) is 0 Å². The second-order valence-corrected chi connectivity index (χ2v) is 4.39. The summed E-state index contributed by atoms with van der Waals surface area (Å²) in [4.78, 5) is 11.2. The first kappa shape index (κ1) is 16.5. The molecule has 0 radical (unpaired) electrons. The summed E-state index contributed by atoms with van der Waals surface area (Å²) in [6.07, 6.45) is -4.51. The second kappa shape index (κ2) is 7.28. The molecule has 1 aromatic rings. The van der Waals surface area contributed by atoms with Gasteiger partial charge in [0.1, 0.15) is 0 Å². The van der Waals surface area contributed by atoms with Crippen LogP contribution in [-0.2, 0) is 15.7 Å². The lowest BCUT2D eigenvalue weighted by atomic mass is 10.0. The molecule has 0 saturated carbocycles. The SMILES string of the molecule is CCCOC(=O)CCC(O)c1ccc(C(F)(F)F)cc1. The van der Waals surface area contributed by atoms with Gasteiger partial charge in [-0.3, -0.25) is 4.79 Å². The first-order valence-electron chi connectivity index (χ1n) is 6.35. The van der Waals surface area contributed by atoms with E-state index in [9.17, 15) is 23.1 Å². The molecule has 0 aliphatic heterocycles. The second-order valence-electron chi connectivity index (χ2n) is 4.39. The molecule has 1 atom stereocenters. The van der Waals surface area contributed by atoms with Crippen LogP contribution in [0.15, 0.2) is 24.3 Å². The van der Waals surface area contributed by atoms with Crippen LogP contribution >= 0.6 is 0 Å². The normalized spacial score (nSPS) is 13.1. The molecule has 1 rings (SSSR count). The lowest BCUT2D eigenvalue weighted by molar-refractivity contribution is -0.144. The Hall–Kier alpha value is -1.56. The molecular weight excluding hydrogens is 273 g/mol. The summed E-state index contributed by atoms with van der Waals surface area (Å²) in [5.74, 6) is -0.419. The smallest absolute Gasteiger partial charge is 0.416 e. The standard InChI is InChI=1S/C14H17F3O3/c1-2-9-20-13(19)8-7-12(18)10-3-5-11(6-4-10)14(15,16)17/h3-6,12,18H,2,7-9H2,1H3. The van der Waals surface area contributed by atoms with E-state index in [4.69, 9.17) is 4.74 Å². The molecule has 1 unspecified atom stereocenters. The Balaban J connectivity index is 2.51. The number of hydrogen-bond acceptors (Lipinski definition) is 3. The lowest BCUT2D eigenvalue weighted by Gasteiger charge is -2.12. The maximum Gasteiger partial charge on any atom is 0.416 e. The predicted molar refractivity (Wildman–Crippen MR) is 66.9 cm³/mol. The maximum atomic E-state index is 12.4. The Kier molecular flexibility index (Phi) is 6.01. The van der Waals surface area contributed by atoms with Crippen molar-refractivity contribution in [1.29, 1.82) is 0 Å². The van der Waals surface area contributed by atoms with Crippen LogP contribution in [0.2, 0.25) is 0 Å². The van der Waals surface area contributed by atoms with Gasteiger partial charge in [0.25, 0.3) is 0 Å². The van der Waals surface area contributed by atoms with Crippen LogP contribution < -0.4 is 0 Å². The Morgan fingerprint density at radius 1 is 1.30 bits per heavy atom. The molecule has 0 heterocycles. The van der Waals surface area contributed by atoms with E-state index in [0.29, 0.717) is 18.6 Å². The summed E-state index contributed by atoms with van der Waals surface area (Å²) in [5, 5.41) is 9.80.